The van der Waals surface area contributed by atoms with E-state index in [0.29, 0.717) is 47.1 Å². The largest absolute Gasteiger partial charge is 0.475 e. The number of amides is 1. The van der Waals surface area contributed by atoms with Crippen LogP contribution in [0, 0.1) is 5.82 Å². The second-order valence-corrected chi connectivity index (χ2v) is 16.8. The first-order chi connectivity index (χ1) is 25.4. The third-order valence-electron chi connectivity index (χ3n) is 11.7. The van der Waals surface area contributed by atoms with E-state index in [2.05, 4.69) is 9.80 Å². The standard InChI is InChI=1S/C38H45ClF2N6O6/c1-37(2,3)53-36(48)47-22-8-9-26(47)27-17-50-34-29-32(30(41)31(42-34)24-12-23(52-19-49-4)13-25(39)28(24)20-6-7-20)43-35(44-33(29)46(27)16-22)51-18-38-10-5-11-45(38)15-21(40)14-38/h12-13,20-22,26-27H,5-11,14-19H2,1-4H3/t21-,22-,26+,27-,38-/m0/s1. The van der Waals surface area contributed by atoms with Gasteiger partial charge in [-0.25, -0.2) is 18.6 Å². The van der Waals surface area contributed by atoms with Crippen molar-refractivity contribution >= 4 is 34.4 Å². The van der Waals surface area contributed by atoms with E-state index < -0.39 is 23.1 Å². The summed E-state index contributed by atoms with van der Waals surface area (Å²) < 4.78 is 61.7. The average molecular weight is 755 g/mol. The van der Waals surface area contributed by atoms with Gasteiger partial charge in [0.2, 0.25) is 5.88 Å². The number of ether oxygens (including phenoxy) is 5. The fraction of sp³-hybridized carbons (Fsp3) is 0.632. The maximum atomic E-state index is 17.4. The molecule has 12 nitrogen and oxygen atoms in total. The van der Waals surface area contributed by atoms with Gasteiger partial charge in [-0.2, -0.15) is 9.97 Å². The van der Waals surface area contributed by atoms with Crippen molar-refractivity contribution in [2.45, 2.75) is 107 Å². The number of alkyl halides is 1. The highest BCUT2D eigenvalue weighted by Crippen LogP contribution is 2.51. The van der Waals surface area contributed by atoms with Gasteiger partial charge in [0.25, 0.3) is 0 Å². The summed E-state index contributed by atoms with van der Waals surface area (Å²) in [5.41, 5.74) is 0.204. The van der Waals surface area contributed by atoms with Gasteiger partial charge >= 0.3 is 12.1 Å². The molecule has 5 aliphatic heterocycles. The van der Waals surface area contributed by atoms with Crippen LogP contribution < -0.4 is 19.1 Å². The number of halogens is 3. The highest BCUT2D eigenvalue weighted by Gasteiger charge is 2.53. The first-order valence-electron chi connectivity index (χ1n) is 18.7. The molecule has 53 heavy (non-hydrogen) atoms. The van der Waals surface area contributed by atoms with E-state index in [1.807, 2.05) is 25.7 Å². The number of pyridine rings is 1. The summed E-state index contributed by atoms with van der Waals surface area (Å²) in [6, 6.07) is 2.73. The Morgan fingerprint density at radius 3 is 2.70 bits per heavy atom. The van der Waals surface area contributed by atoms with E-state index in [-0.39, 0.29) is 73.2 Å². The van der Waals surface area contributed by atoms with Crippen molar-refractivity contribution in [2.24, 2.45) is 0 Å². The number of aromatic nitrogens is 3. The van der Waals surface area contributed by atoms with Gasteiger partial charge < -0.3 is 28.6 Å². The lowest BCUT2D eigenvalue weighted by Crippen LogP contribution is -2.63. The summed E-state index contributed by atoms with van der Waals surface area (Å²) in [4.78, 5) is 34.2. The molecule has 1 amide bonds. The van der Waals surface area contributed by atoms with Crippen molar-refractivity contribution < 1.29 is 37.3 Å². The van der Waals surface area contributed by atoms with E-state index in [1.54, 1.807) is 12.1 Å². The number of carbonyl (C=O) groups is 1. The fourth-order valence-electron chi connectivity index (χ4n) is 9.34. The van der Waals surface area contributed by atoms with E-state index >= 15 is 4.39 Å². The van der Waals surface area contributed by atoms with Crippen LogP contribution in [0.5, 0.6) is 17.6 Å². The van der Waals surface area contributed by atoms with Gasteiger partial charge in [0.05, 0.1) is 23.7 Å². The molecule has 9 rings (SSSR count). The number of rotatable bonds is 8. The zero-order chi connectivity index (χ0) is 36.8. The molecule has 6 aliphatic rings. The van der Waals surface area contributed by atoms with E-state index in [0.717, 1.165) is 50.6 Å². The number of piperazine rings is 1. The van der Waals surface area contributed by atoms with Crippen LogP contribution in [-0.2, 0) is 9.47 Å². The fourth-order valence-corrected chi connectivity index (χ4v) is 9.70. The molecule has 0 unspecified atom stereocenters. The molecule has 0 N–H and O–H groups in total. The first kappa shape index (κ1) is 35.0. The van der Waals surface area contributed by atoms with Crippen molar-refractivity contribution in [2.75, 3.05) is 51.7 Å². The number of benzene rings is 1. The second-order valence-electron chi connectivity index (χ2n) is 16.4. The Hall–Kier alpha value is -3.75. The Kier molecular flexibility index (Phi) is 8.54. The molecule has 1 aliphatic carbocycles. The quantitative estimate of drug-likeness (QED) is 0.231. The minimum absolute atomic E-state index is 0.00164. The summed E-state index contributed by atoms with van der Waals surface area (Å²) in [7, 11) is 1.52. The van der Waals surface area contributed by atoms with Crippen LogP contribution in [0.25, 0.3) is 22.2 Å². The maximum Gasteiger partial charge on any atom is 0.410 e. The molecule has 5 fully saturated rings. The third-order valence-corrected chi connectivity index (χ3v) is 12.0. The molecule has 2 aromatic heterocycles. The molecule has 15 heteroatoms. The first-order valence-corrected chi connectivity index (χ1v) is 19.1. The Bertz CT molecular complexity index is 1960. The summed E-state index contributed by atoms with van der Waals surface area (Å²) in [5, 5.41) is 0.789. The van der Waals surface area contributed by atoms with Crippen LogP contribution in [-0.4, -0.2) is 113 Å². The van der Waals surface area contributed by atoms with Crippen molar-refractivity contribution in [3.63, 3.8) is 0 Å². The third kappa shape index (κ3) is 6.08. The minimum atomic E-state index is -0.930. The van der Waals surface area contributed by atoms with Crippen LogP contribution in [0.1, 0.15) is 77.2 Å². The van der Waals surface area contributed by atoms with Gasteiger partial charge in [0.1, 0.15) is 53.2 Å². The van der Waals surface area contributed by atoms with Gasteiger partial charge in [-0.05, 0) is 89.5 Å². The summed E-state index contributed by atoms with van der Waals surface area (Å²) >= 11 is 6.86. The molecule has 1 aromatic carbocycles. The molecule has 284 valence electrons. The van der Waals surface area contributed by atoms with Crippen molar-refractivity contribution in [1.29, 1.82) is 0 Å². The molecule has 7 heterocycles. The number of hydrogen-bond acceptors (Lipinski definition) is 11. The van der Waals surface area contributed by atoms with Gasteiger partial charge in [-0.15, -0.1) is 0 Å². The highest BCUT2D eigenvalue weighted by molar-refractivity contribution is 6.32. The predicted molar refractivity (Wildman–Crippen MR) is 192 cm³/mol. The number of anilines is 1. The average Bonchev–Trinajstić information content (AvgIpc) is 3.72. The predicted octanol–water partition coefficient (Wildman–Crippen LogP) is 6.65. The van der Waals surface area contributed by atoms with Crippen molar-refractivity contribution in [1.82, 2.24) is 24.8 Å². The lowest BCUT2D eigenvalue weighted by molar-refractivity contribution is 0.00537. The summed E-state index contributed by atoms with van der Waals surface area (Å²) in [5.74, 6) is 0.518. The molecular weight excluding hydrogens is 710 g/mol. The number of hydrogen-bond donors (Lipinski definition) is 0. The van der Waals surface area contributed by atoms with E-state index in [9.17, 15) is 9.18 Å². The zero-order valence-electron chi connectivity index (χ0n) is 30.5. The zero-order valence-corrected chi connectivity index (χ0v) is 31.3. The number of methoxy groups -OCH3 is 1. The van der Waals surface area contributed by atoms with Crippen LogP contribution >= 0.6 is 11.6 Å². The molecule has 0 spiro atoms. The highest BCUT2D eigenvalue weighted by atomic mass is 35.5. The SMILES string of the molecule is COCOc1cc(Cl)c(C2CC2)c(-c2nc3c4c(nc(OC[C@@]56CCCN5C[C@@H](F)C6)nc4c2F)N2C[C@@H]4CC[C@H]([C@@H]2CO3)N4C(=O)OC(C)(C)C)c1. The minimum Gasteiger partial charge on any atom is -0.475 e. The van der Waals surface area contributed by atoms with Gasteiger partial charge in [0, 0.05) is 37.2 Å². The Morgan fingerprint density at radius 2 is 1.92 bits per heavy atom. The van der Waals surface area contributed by atoms with Crippen LogP contribution in [0.3, 0.4) is 0 Å². The molecular formula is C38H45ClF2N6O6. The summed E-state index contributed by atoms with van der Waals surface area (Å²) in [6.45, 7) is 7.52. The molecule has 1 saturated carbocycles. The summed E-state index contributed by atoms with van der Waals surface area (Å²) in [6.07, 6.45) is 4.20. The van der Waals surface area contributed by atoms with Crippen LogP contribution in [0.15, 0.2) is 12.1 Å². The molecule has 2 bridgehead atoms. The number of fused-ring (bicyclic) bond motifs is 6. The number of carbonyl (C=O) groups excluding carboxylic acids is 1. The van der Waals surface area contributed by atoms with E-state index in [4.69, 9.17) is 50.2 Å². The molecule has 0 radical (unpaired) electrons. The normalized spacial score (nSPS) is 27.8. The van der Waals surface area contributed by atoms with E-state index in [1.165, 1.54) is 7.11 Å². The van der Waals surface area contributed by atoms with Gasteiger partial charge in [0.15, 0.2) is 12.6 Å². The second kappa shape index (κ2) is 12.9. The molecule has 5 atom stereocenters. The Morgan fingerprint density at radius 1 is 1.09 bits per heavy atom. The topological polar surface area (TPSA) is 112 Å². The number of nitrogens with zero attached hydrogens (tertiary/aromatic N) is 6. The maximum absolute atomic E-state index is 17.4. The van der Waals surface area contributed by atoms with Crippen molar-refractivity contribution in [3.05, 3.63) is 28.5 Å². The lowest BCUT2D eigenvalue weighted by Gasteiger charge is -2.46. The Balaban J connectivity index is 1.17. The monoisotopic (exact) mass is 754 g/mol. The van der Waals surface area contributed by atoms with Crippen LogP contribution in [0.2, 0.25) is 5.02 Å². The van der Waals surface area contributed by atoms with Gasteiger partial charge in [-0.1, -0.05) is 11.6 Å². The smallest absolute Gasteiger partial charge is 0.410 e. The van der Waals surface area contributed by atoms with Crippen LogP contribution in [0.4, 0.5) is 19.4 Å². The Labute approximate surface area is 312 Å². The molecule has 3 aromatic rings. The van der Waals surface area contributed by atoms with Crippen molar-refractivity contribution in [3.8, 4) is 28.9 Å². The lowest BCUT2D eigenvalue weighted by atomic mass is 9.95. The molecule has 4 saturated heterocycles. The van der Waals surface area contributed by atoms with Gasteiger partial charge in [-0.3, -0.25) is 9.80 Å².